The zero-order chi connectivity index (χ0) is 14.4. The van der Waals surface area contributed by atoms with E-state index in [-0.39, 0.29) is 16.1 Å². The highest BCUT2D eigenvalue weighted by molar-refractivity contribution is 6.35. The van der Waals surface area contributed by atoms with Crippen LogP contribution in [0.15, 0.2) is 18.2 Å². The standard InChI is InChI=1S/C12H7ClF3NO2/c1-5-4-6-2-3-7(13)8(11(18)19)9(6)17-10(5)12(14,15)16/h2-4H,1H3,(H,18,19). The Morgan fingerprint density at radius 2 is 2.00 bits per heavy atom. The first-order chi connectivity index (χ1) is 8.71. The van der Waals surface area contributed by atoms with Gasteiger partial charge >= 0.3 is 12.1 Å². The molecule has 1 aromatic carbocycles. The van der Waals surface area contributed by atoms with Crippen LogP contribution in [-0.2, 0) is 6.18 Å². The summed E-state index contributed by atoms with van der Waals surface area (Å²) < 4.78 is 38.3. The van der Waals surface area contributed by atoms with Gasteiger partial charge in [-0.3, -0.25) is 0 Å². The van der Waals surface area contributed by atoms with E-state index in [1.165, 1.54) is 25.1 Å². The van der Waals surface area contributed by atoms with E-state index in [2.05, 4.69) is 4.98 Å². The molecule has 0 amide bonds. The van der Waals surface area contributed by atoms with Gasteiger partial charge in [0.2, 0.25) is 0 Å². The number of aromatic nitrogens is 1. The van der Waals surface area contributed by atoms with Crippen LogP contribution in [0.5, 0.6) is 0 Å². The van der Waals surface area contributed by atoms with Gasteiger partial charge in [0.15, 0.2) is 0 Å². The third-order valence-electron chi connectivity index (χ3n) is 2.61. The van der Waals surface area contributed by atoms with Crippen LogP contribution in [0.25, 0.3) is 10.9 Å². The van der Waals surface area contributed by atoms with Crippen molar-refractivity contribution in [1.29, 1.82) is 0 Å². The van der Waals surface area contributed by atoms with Gasteiger partial charge in [0, 0.05) is 5.39 Å². The molecule has 3 nitrogen and oxygen atoms in total. The summed E-state index contributed by atoms with van der Waals surface area (Å²) in [6.45, 7) is 1.27. The Bertz CT molecular complexity index is 683. The average molecular weight is 290 g/mol. The fourth-order valence-electron chi connectivity index (χ4n) is 1.81. The number of pyridine rings is 1. The number of aromatic carboxylic acids is 1. The van der Waals surface area contributed by atoms with Crippen molar-refractivity contribution in [2.24, 2.45) is 0 Å². The molecule has 1 heterocycles. The van der Waals surface area contributed by atoms with Gasteiger partial charge in [0.05, 0.1) is 10.5 Å². The predicted octanol–water partition coefficient (Wildman–Crippen LogP) is 3.91. The number of carboxylic acid groups (broad SMARTS) is 1. The molecule has 0 fully saturated rings. The van der Waals surface area contributed by atoms with Crippen LogP contribution in [0.3, 0.4) is 0 Å². The maximum atomic E-state index is 12.8. The molecule has 1 N–H and O–H groups in total. The monoisotopic (exact) mass is 289 g/mol. The summed E-state index contributed by atoms with van der Waals surface area (Å²) in [6, 6.07) is 4.00. The summed E-state index contributed by atoms with van der Waals surface area (Å²) in [4.78, 5) is 14.5. The van der Waals surface area contributed by atoms with Gasteiger partial charge in [0.1, 0.15) is 11.3 Å². The highest BCUT2D eigenvalue weighted by Gasteiger charge is 2.35. The number of carboxylic acids is 1. The van der Waals surface area contributed by atoms with Crippen LogP contribution in [-0.4, -0.2) is 16.1 Å². The molecule has 0 aliphatic carbocycles. The molecule has 0 saturated carbocycles. The molecule has 100 valence electrons. The molecule has 0 unspecified atom stereocenters. The minimum atomic E-state index is -4.64. The van der Waals surface area contributed by atoms with Crippen LogP contribution in [0, 0.1) is 6.92 Å². The van der Waals surface area contributed by atoms with Crippen LogP contribution >= 0.6 is 11.6 Å². The van der Waals surface area contributed by atoms with Crippen LogP contribution in [0.2, 0.25) is 5.02 Å². The summed E-state index contributed by atoms with van der Waals surface area (Å²) >= 11 is 5.70. The van der Waals surface area contributed by atoms with Crippen molar-refractivity contribution < 1.29 is 23.1 Å². The second-order valence-corrected chi connectivity index (χ2v) is 4.36. The Labute approximate surface area is 110 Å². The minimum Gasteiger partial charge on any atom is -0.478 e. The average Bonchev–Trinajstić information content (AvgIpc) is 2.26. The largest absolute Gasteiger partial charge is 0.478 e. The van der Waals surface area contributed by atoms with Gasteiger partial charge in [-0.25, -0.2) is 9.78 Å². The van der Waals surface area contributed by atoms with E-state index in [9.17, 15) is 18.0 Å². The van der Waals surface area contributed by atoms with Crippen LogP contribution in [0.1, 0.15) is 21.6 Å². The summed E-state index contributed by atoms with van der Waals surface area (Å²) in [5, 5.41) is 9.17. The minimum absolute atomic E-state index is 0.0707. The molecule has 0 radical (unpaired) electrons. The van der Waals surface area contributed by atoms with Crippen molar-refractivity contribution in [2.75, 3.05) is 0 Å². The molecule has 1 aromatic heterocycles. The molecule has 0 aliphatic heterocycles. The number of hydrogen-bond acceptors (Lipinski definition) is 2. The third-order valence-corrected chi connectivity index (χ3v) is 2.92. The quantitative estimate of drug-likeness (QED) is 0.866. The summed E-state index contributed by atoms with van der Waals surface area (Å²) in [7, 11) is 0. The first-order valence-electron chi connectivity index (χ1n) is 5.12. The van der Waals surface area contributed by atoms with E-state index < -0.39 is 23.4 Å². The lowest BCUT2D eigenvalue weighted by molar-refractivity contribution is -0.141. The zero-order valence-electron chi connectivity index (χ0n) is 9.55. The van der Waals surface area contributed by atoms with E-state index in [4.69, 9.17) is 16.7 Å². The van der Waals surface area contributed by atoms with E-state index in [0.717, 1.165) is 0 Å². The first kappa shape index (κ1) is 13.6. The van der Waals surface area contributed by atoms with Crippen molar-refractivity contribution in [3.8, 4) is 0 Å². The number of fused-ring (bicyclic) bond motifs is 1. The number of halogens is 4. The molecule has 0 atom stereocenters. The number of hydrogen-bond donors (Lipinski definition) is 1. The molecule has 19 heavy (non-hydrogen) atoms. The summed E-state index contributed by atoms with van der Waals surface area (Å²) in [5.41, 5.74) is -1.87. The fourth-order valence-corrected chi connectivity index (χ4v) is 2.04. The summed E-state index contributed by atoms with van der Waals surface area (Å²) in [5.74, 6) is -1.42. The van der Waals surface area contributed by atoms with Gasteiger partial charge < -0.3 is 5.11 Å². The van der Waals surface area contributed by atoms with E-state index >= 15 is 0 Å². The second-order valence-electron chi connectivity index (χ2n) is 3.95. The zero-order valence-corrected chi connectivity index (χ0v) is 10.3. The van der Waals surface area contributed by atoms with Crippen molar-refractivity contribution in [1.82, 2.24) is 4.98 Å². The molecule has 7 heteroatoms. The van der Waals surface area contributed by atoms with E-state index in [0.29, 0.717) is 5.39 Å². The molecule has 2 rings (SSSR count). The fraction of sp³-hybridized carbons (Fsp3) is 0.167. The van der Waals surface area contributed by atoms with Crippen molar-refractivity contribution in [3.05, 3.63) is 40.0 Å². The third kappa shape index (κ3) is 2.35. The Morgan fingerprint density at radius 1 is 1.37 bits per heavy atom. The van der Waals surface area contributed by atoms with Gasteiger partial charge in [-0.15, -0.1) is 0 Å². The van der Waals surface area contributed by atoms with E-state index in [1.807, 2.05) is 0 Å². The lowest BCUT2D eigenvalue weighted by atomic mass is 10.1. The number of rotatable bonds is 1. The highest BCUT2D eigenvalue weighted by Crippen LogP contribution is 2.34. The molecule has 0 spiro atoms. The van der Waals surface area contributed by atoms with Crippen molar-refractivity contribution in [3.63, 3.8) is 0 Å². The lowest BCUT2D eigenvalue weighted by Crippen LogP contribution is -2.12. The molecule has 0 aliphatic rings. The highest BCUT2D eigenvalue weighted by atomic mass is 35.5. The number of aryl methyl sites for hydroxylation is 1. The SMILES string of the molecule is Cc1cc2ccc(Cl)c(C(=O)O)c2nc1C(F)(F)F. The Morgan fingerprint density at radius 3 is 2.53 bits per heavy atom. The molecule has 0 bridgehead atoms. The van der Waals surface area contributed by atoms with Crippen molar-refractivity contribution >= 4 is 28.5 Å². The maximum absolute atomic E-state index is 12.8. The molecule has 2 aromatic rings. The van der Waals surface area contributed by atoms with E-state index in [1.54, 1.807) is 0 Å². The Kier molecular flexibility index (Phi) is 3.14. The lowest BCUT2D eigenvalue weighted by Gasteiger charge is -2.12. The number of carbonyl (C=O) groups is 1. The smallest absolute Gasteiger partial charge is 0.433 e. The Balaban J connectivity index is 2.89. The second kappa shape index (κ2) is 4.38. The predicted molar refractivity (Wildman–Crippen MR) is 63.5 cm³/mol. The summed E-state index contributed by atoms with van der Waals surface area (Å²) in [6.07, 6.45) is -4.64. The topological polar surface area (TPSA) is 50.2 Å². The van der Waals surface area contributed by atoms with Gasteiger partial charge in [-0.05, 0) is 24.6 Å². The number of benzene rings is 1. The van der Waals surface area contributed by atoms with Gasteiger partial charge in [-0.1, -0.05) is 17.7 Å². The normalized spacial score (nSPS) is 11.8. The molecular formula is C12H7ClF3NO2. The number of nitrogens with zero attached hydrogens (tertiary/aromatic N) is 1. The number of alkyl halides is 3. The van der Waals surface area contributed by atoms with Crippen LogP contribution < -0.4 is 0 Å². The first-order valence-corrected chi connectivity index (χ1v) is 5.50. The Hall–Kier alpha value is -1.82. The van der Waals surface area contributed by atoms with Crippen molar-refractivity contribution in [2.45, 2.75) is 13.1 Å². The maximum Gasteiger partial charge on any atom is 0.433 e. The molecular weight excluding hydrogens is 283 g/mol. The van der Waals surface area contributed by atoms with Gasteiger partial charge in [-0.2, -0.15) is 13.2 Å². The van der Waals surface area contributed by atoms with Crippen LogP contribution in [0.4, 0.5) is 13.2 Å². The van der Waals surface area contributed by atoms with Gasteiger partial charge in [0.25, 0.3) is 0 Å². The molecule has 0 saturated heterocycles.